The first-order valence-corrected chi connectivity index (χ1v) is 6.26. The van der Waals surface area contributed by atoms with Gasteiger partial charge in [0, 0.05) is 19.3 Å². The summed E-state index contributed by atoms with van der Waals surface area (Å²) in [6.07, 6.45) is 10.3. The highest BCUT2D eigenvalue weighted by atomic mass is 15.3. The van der Waals surface area contributed by atoms with Crippen LogP contribution < -0.4 is 5.32 Å². The van der Waals surface area contributed by atoms with Crippen molar-refractivity contribution < 1.29 is 0 Å². The molecule has 1 heterocycles. The molecule has 16 heavy (non-hydrogen) atoms. The number of hydrogen-bond acceptors (Lipinski definition) is 2. The second-order valence-electron chi connectivity index (χ2n) is 4.42. The Morgan fingerprint density at radius 1 is 1.50 bits per heavy atom. The predicted octanol–water partition coefficient (Wildman–Crippen LogP) is 2.35. The Kier molecular flexibility index (Phi) is 4.17. The van der Waals surface area contributed by atoms with E-state index in [1.165, 1.54) is 25.0 Å². The first-order chi connectivity index (χ1) is 7.90. The molecule has 1 aliphatic rings. The molecule has 1 aliphatic carbocycles. The van der Waals surface area contributed by atoms with E-state index in [0.29, 0.717) is 0 Å². The number of rotatable bonds is 5. The van der Waals surface area contributed by atoms with Gasteiger partial charge in [0.05, 0.1) is 5.69 Å². The molecule has 2 rings (SSSR count). The molecule has 1 unspecified atom stereocenters. The highest BCUT2D eigenvalue weighted by Crippen LogP contribution is 2.16. The monoisotopic (exact) mass is 219 g/mol. The van der Waals surface area contributed by atoms with Gasteiger partial charge in [-0.2, -0.15) is 5.10 Å². The fourth-order valence-electron chi connectivity index (χ4n) is 2.24. The molecule has 1 N–H and O–H groups in total. The van der Waals surface area contributed by atoms with Crippen molar-refractivity contribution >= 4 is 0 Å². The minimum Gasteiger partial charge on any atom is -0.311 e. The van der Waals surface area contributed by atoms with Crippen LogP contribution >= 0.6 is 0 Å². The molecular weight excluding hydrogens is 198 g/mol. The zero-order valence-electron chi connectivity index (χ0n) is 10.0. The van der Waals surface area contributed by atoms with Gasteiger partial charge in [-0.1, -0.05) is 12.2 Å². The zero-order chi connectivity index (χ0) is 11.2. The minimum atomic E-state index is 0.822. The average Bonchev–Trinajstić information content (AvgIpc) is 2.78. The molecule has 1 aromatic rings. The van der Waals surface area contributed by atoms with Crippen LogP contribution in [0.1, 0.15) is 31.9 Å². The van der Waals surface area contributed by atoms with Crippen molar-refractivity contribution in [3.05, 3.63) is 30.1 Å². The summed E-state index contributed by atoms with van der Waals surface area (Å²) in [7, 11) is 0. The zero-order valence-corrected chi connectivity index (χ0v) is 10.0. The Hall–Kier alpha value is -1.09. The summed E-state index contributed by atoms with van der Waals surface area (Å²) >= 11 is 0. The maximum atomic E-state index is 4.27. The first-order valence-electron chi connectivity index (χ1n) is 6.26. The van der Waals surface area contributed by atoms with E-state index in [1.54, 1.807) is 0 Å². The highest BCUT2D eigenvalue weighted by molar-refractivity contribution is 5.00. The van der Waals surface area contributed by atoms with Crippen molar-refractivity contribution in [1.82, 2.24) is 15.1 Å². The van der Waals surface area contributed by atoms with Crippen LogP contribution in [0, 0.1) is 5.92 Å². The van der Waals surface area contributed by atoms with Crippen LogP contribution in [0.4, 0.5) is 0 Å². The van der Waals surface area contributed by atoms with Crippen LogP contribution in [0.3, 0.4) is 0 Å². The Balaban J connectivity index is 1.73. The number of aromatic nitrogens is 2. The summed E-state index contributed by atoms with van der Waals surface area (Å²) in [5.41, 5.74) is 1.29. The van der Waals surface area contributed by atoms with E-state index < -0.39 is 0 Å². The summed E-state index contributed by atoms with van der Waals surface area (Å²) < 4.78 is 2.05. The second kappa shape index (κ2) is 5.85. The molecule has 0 amide bonds. The maximum Gasteiger partial charge on any atom is 0.0521 e. The van der Waals surface area contributed by atoms with Gasteiger partial charge in [0.15, 0.2) is 0 Å². The molecule has 88 valence electrons. The molecule has 1 atom stereocenters. The molecule has 0 saturated heterocycles. The van der Waals surface area contributed by atoms with Gasteiger partial charge in [-0.15, -0.1) is 0 Å². The highest BCUT2D eigenvalue weighted by Gasteiger charge is 2.09. The van der Waals surface area contributed by atoms with E-state index in [0.717, 1.165) is 25.6 Å². The third-order valence-electron chi connectivity index (χ3n) is 3.22. The van der Waals surface area contributed by atoms with Gasteiger partial charge in [-0.05, 0) is 44.7 Å². The lowest BCUT2D eigenvalue weighted by atomic mass is 9.94. The minimum absolute atomic E-state index is 0.822. The first kappa shape index (κ1) is 11.4. The second-order valence-corrected chi connectivity index (χ2v) is 4.42. The van der Waals surface area contributed by atoms with Crippen molar-refractivity contribution in [1.29, 1.82) is 0 Å². The van der Waals surface area contributed by atoms with Crippen LogP contribution in [0.15, 0.2) is 24.4 Å². The summed E-state index contributed by atoms with van der Waals surface area (Å²) in [6.45, 7) is 5.14. The van der Waals surface area contributed by atoms with Crippen molar-refractivity contribution in [3.63, 3.8) is 0 Å². The largest absolute Gasteiger partial charge is 0.311 e. The van der Waals surface area contributed by atoms with Gasteiger partial charge in [-0.3, -0.25) is 4.68 Å². The SMILES string of the molecule is CCn1nccc1CNCC1CC=CCC1. The topological polar surface area (TPSA) is 29.9 Å². The Morgan fingerprint density at radius 3 is 3.19 bits per heavy atom. The van der Waals surface area contributed by atoms with Gasteiger partial charge in [0.1, 0.15) is 0 Å². The summed E-state index contributed by atoms with van der Waals surface area (Å²) in [4.78, 5) is 0. The van der Waals surface area contributed by atoms with E-state index in [9.17, 15) is 0 Å². The van der Waals surface area contributed by atoms with Crippen molar-refractivity contribution in [2.75, 3.05) is 6.54 Å². The summed E-state index contributed by atoms with van der Waals surface area (Å²) in [5, 5.41) is 7.80. The predicted molar refractivity (Wildman–Crippen MR) is 66.1 cm³/mol. The van der Waals surface area contributed by atoms with Gasteiger partial charge in [0.2, 0.25) is 0 Å². The van der Waals surface area contributed by atoms with Crippen LogP contribution in [-0.4, -0.2) is 16.3 Å². The molecule has 0 aromatic carbocycles. The Morgan fingerprint density at radius 2 is 2.44 bits per heavy atom. The summed E-state index contributed by atoms with van der Waals surface area (Å²) in [5.74, 6) is 0.822. The molecule has 0 spiro atoms. The lowest BCUT2D eigenvalue weighted by Crippen LogP contribution is -2.24. The molecule has 3 heteroatoms. The van der Waals surface area contributed by atoms with Crippen LogP contribution in [0.2, 0.25) is 0 Å². The van der Waals surface area contributed by atoms with Crippen LogP contribution in [0.5, 0.6) is 0 Å². The molecule has 0 fully saturated rings. The number of nitrogens with zero attached hydrogens (tertiary/aromatic N) is 2. The van der Waals surface area contributed by atoms with Crippen molar-refractivity contribution in [3.8, 4) is 0 Å². The van der Waals surface area contributed by atoms with Gasteiger partial charge in [0.25, 0.3) is 0 Å². The molecule has 0 saturated carbocycles. The third kappa shape index (κ3) is 2.95. The number of hydrogen-bond donors (Lipinski definition) is 1. The van der Waals surface area contributed by atoms with Gasteiger partial charge in [-0.25, -0.2) is 0 Å². The fourth-order valence-corrected chi connectivity index (χ4v) is 2.24. The van der Waals surface area contributed by atoms with Crippen molar-refractivity contribution in [2.24, 2.45) is 5.92 Å². The maximum absolute atomic E-state index is 4.27. The summed E-state index contributed by atoms with van der Waals surface area (Å²) in [6, 6.07) is 2.09. The van der Waals surface area contributed by atoms with Crippen molar-refractivity contribution in [2.45, 2.75) is 39.3 Å². The van der Waals surface area contributed by atoms with E-state index in [1.807, 2.05) is 10.9 Å². The standard InChI is InChI=1S/C13H21N3/c1-2-16-13(8-9-15-16)11-14-10-12-6-4-3-5-7-12/h3-4,8-9,12,14H,2,5-7,10-11H2,1H3. The van der Waals surface area contributed by atoms with Gasteiger partial charge >= 0.3 is 0 Å². The molecule has 0 radical (unpaired) electrons. The lowest BCUT2D eigenvalue weighted by Gasteiger charge is -2.18. The number of nitrogens with one attached hydrogen (secondary N) is 1. The lowest BCUT2D eigenvalue weighted by molar-refractivity contribution is 0.434. The van der Waals surface area contributed by atoms with E-state index in [-0.39, 0.29) is 0 Å². The molecule has 0 bridgehead atoms. The van der Waals surface area contributed by atoms with E-state index >= 15 is 0 Å². The molecule has 1 aromatic heterocycles. The molecular formula is C13H21N3. The Labute approximate surface area is 97.5 Å². The third-order valence-corrected chi connectivity index (χ3v) is 3.22. The smallest absolute Gasteiger partial charge is 0.0521 e. The quantitative estimate of drug-likeness (QED) is 0.770. The normalized spacial score (nSPS) is 20.2. The Bertz CT molecular complexity index is 341. The van der Waals surface area contributed by atoms with E-state index in [2.05, 4.69) is 35.6 Å². The number of allylic oxidation sites excluding steroid dienone is 2. The van der Waals surface area contributed by atoms with Crippen LogP contribution in [0.25, 0.3) is 0 Å². The number of aryl methyl sites for hydroxylation is 1. The fraction of sp³-hybridized carbons (Fsp3) is 0.615. The molecule has 0 aliphatic heterocycles. The average molecular weight is 219 g/mol. The molecule has 3 nitrogen and oxygen atoms in total. The van der Waals surface area contributed by atoms with Crippen LogP contribution in [-0.2, 0) is 13.1 Å². The van der Waals surface area contributed by atoms with Gasteiger partial charge < -0.3 is 5.32 Å². The van der Waals surface area contributed by atoms with E-state index in [4.69, 9.17) is 0 Å².